The van der Waals surface area contributed by atoms with Crippen LogP contribution in [0.1, 0.15) is 20.8 Å². The van der Waals surface area contributed by atoms with Gasteiger partial charge >= 0.3 is 35.3 Å². The SMILES string of the molecule is CC(=O)O[C@]1(O)[C@@](O)(OC(C)=O)[C@@H](CO)OC(O)[C@@]1(O)OC(C)=O. The quantitative estimate of drug-likeness (QED) is 0.190. The van der Waals surface area contributed by atoms with Gasteiger partial charge in [-0.1, -0.05) is 0 Å². The highest BCUT2D eigenvalue weighted by Crippen LogP contribution is 2.46. The standard InChI is InChI=1S/C12H18O12/c1-5(14)22-10(18)8(4-13)21-9(17)11(19,23-6(2)15)12(10,20)24-7(3)16/h8-9,13,17-20H,4H2,1-3H3/t8-,9?,10+,11-,12-/m1/s1. The molecule has 138 valence electrons. The summed E-state index contributed by atoms with van der Waals surface area (Å²) in [5.74, 6) is -14.7. The van der Waals surface area contributed by atoms with Crippen molar-refractivity contribution in [2.75, 3.05) is 6.61 Å². The molecule has 1 unspecified atom stereocenters. The molecule has 12 nitrogen and oxygen atoms in total. The molecule has 0 aromatic rings. The number of ether oxygens (including phenoxy) is 4. The van der Waals surface area contributed by atoms with E-state index in [-0.39, 0.29) is 0 Å². The van der Waals surface area contributed by atoms with Gasteiger partial charge in [-0.15, -0.1) is 0 Å². The summed E-state index contributed by atoms with van der Waals surface area (Å²) in [6.07, 6.45) is -4.68. The normalized spacial score (nSPS) is 39.0. The molecule has 0 saturated carbocycles. The Morgan fingerprint density at radius 2 is 1.33 bits per heavy atom. The second-order valence-corrected chi connectivity index (χ2v) is 4.98. The van der Waals surface area contributed by atoms with Crippen LogP contribution in [0, 0.1) is 0 Å². The minimum absolute atomic E-state index is 0.732. The van der Waals surface area contributed by atoms with Gasteiger partial charge in [0.05, 0.1) is 6.61 Å². The first-order valence-electron chi connectivity index (χ1n) is 6.54. The predicted octanol–water partition coefficient (Wildman–Crippen LogP) is -3.55. The Hall–Kier alpha value is -1.83. The molecule has 1 aliphatic heterocycles. The van der Waals surface area contributed by atoms with Gasteiger partial charge in [0, 0.05) is 20.8 Å². The maximum absolute atomic E-state index is 11.3. The van der Waals surface area contributed by atoms with Crippen LogP contribution in [-0.4, -0.2) is 79.8 Å². The first-order chi connectivity index (χ1) is 10.8. The number of hydrogen-bond acceptors (Lipinski definition) is 12. The van der Waals surface area contributed by atoms with Crippen molar-refractivity contribution >= 4 is 17.9 Å². The minimum atomic E-state index is -3.74. The molecule has 0 spiro atoms. The lowest BCUT2D eigenvalue weighted by atomic mass is 9.87. The molecule has 0 aromatic heterocycles. The third kappa shape index (κ3) is 3.07. The summed E-state index contributed by atoms with van der Waals surface area (Å²) in [7, 11) is 0. The molecule has 0 radical (unpaired) electrons. The molecule has 12 heteroatoms. The first kappa shape index (κ1) is 20.2. The van der Waals surface area contributed by atoms with E-state index in [1.54, 1.807) is 0 Å². The van der Waals surface area contributed by atoms with Crippen LogP contribution in [0.4, 0.5) is 0 Å². The topological polar surface area (TPSA) is 189 Å². The molecule has 0 aromatic carbocycles. The largest absolute Gasteiger partial charge is 0.423 e. The number of carbonyl (C=O) groups excluding carboxylic acids is 3. The van der Waals surface area contributed by atoms with Crippen LogP contribution in [0.25, 0.3) is 0 Å². The van der Waals surface area contributed by atoms with Crippen molar-refractivity contribution in [2.24, 2.45) is 0 Å². The summed E-state index contributed by atoms with van der Waals surface area (Å²) >= 11 is 0. The molecule has 5 N–H and O–H groups in total. The van der Waals surface area contributed by atoms with E-state index in [0.717, 1.165) is 20.8 Å². The Kier molecular flexibility index (Phi) is 5.54. The minimum Gasteiger partial charge on any atom is -0.423 e. The fraction of sp³-hybridized carbons (Fsp3) is 0.750. The molecule has 5 atom stereocenters. The number of hydrogen-bond donors (Lipinski definition) is 5. The Bertz CT molecular complexity index is 534. The number of aliphatic hydroxyl groups is 5. The van der Waals surface area contributed by atoms with Crippen molar-refractivity contribution in [3.63, 3.8) is 0 Å². The van der Waals surface area contributed by atoms with E-state index in [9.17, 15) is 39.9 Å². The Morgan fingerprint density at radius 1 is 0.917 bits per heavy atom. The summed E-state index contributed by atoms with van der Waals surface area (Å²) in [5, 5.41) is 50.6. The summed E-state index contributed by atoms with van der Waals surface area (Å²) in [6, 6.07) is 0. The van der Waals surface area contributed by atoms with E-state index in [1.807, 2.05) is 0 Å². The Morgan fingerprint density at radius 3 is 1.71 bits per heavy atom. The average molecular weight is 354 g/mol. The van der Waals surface area contributed by atoms with Gasteiger partial charge < -0.3 is 44.5 Å². The van der Waals surface area contributed by atoms with E-state index >= 15 is 0 Å². The van der Waals surface area contributed by atoms with E-state index in [0.29, 0.717) is 0 Å². The van der Waals surface area contributed by atoms with Crippen LogP contribution in [-0.2, 0) is 33.3 Å². The van der Waals surface area contributed by atoms with Crippen molar-refractivity contribution in [2.45, 2.75) is 50.5 Å². The second-order valence-electron chi connectivity index (χ2n) is 4.98. The molecular formula is C12H18O12. The molecule has 1 saturated heterocycles. The number of aliphatic hydroxyl groups excluding tert-OH is 2. The van der Waals surface area contributed by atoms with Crippen molar-refractivity contribution in [3.05, 3.63) is 0 Å². The number of carbonyl (C=O) groups is 3. The van der Waals surface area contributed by atoms with Gasteiger partial charge in [0.25, 0.3) is 0 Å². The van der Waals surface area contributed by atoms with Crippen LogP contribution < -0.4 is 0 Å². The summed E-state index contributed by atoms with van der Waals surface area (Å²) in [6.45, 7) is 1.09. The third-order valence-electron chi connectivity index (χ3n) is 3.09. The van der Waals surface area contributed by atoms with E-state index in [2.05, 4.69) is 18.9 Å². The zero-order chi connectivity index (χ0) is 18.9. The van der Waals surface area contributed by atoms with Gasteiger partial charge in [-0.2, -0.15) is 0 Å². The zero-order valence-corrected chi connectivity index (χ0v) is 13.0. The lowest BCUT2D eigenvalue weighted by Crippen LogP contribution is -2.83. The highest BCUT2D eigenvalue weighted by atomic mass is 16.8. The molecule has 1 heterocycles. The fourth-order valence-corrected chi connectivity index (χ4v) is 2.20. The highest BCUT2D eigenvalue weighted by Gasteiger charge is 2.80. The van der Waals surface area contributed by atoms with Crippen LogP contribution in [0.3, 0.4) is 0 Å². The van der Waals surface area contributed by atoms with E-state index in [4.69, 9.17) is 0 Å². The van der Waals surface area contributed by atoms with Gasteiger partial charge in [-0.25, -0.2) is 0 Å². The van der Waals surface area contributed by atoms with Crippen LogP contribution in [0.2, 0.25) is 0 Å². The fourth-order valence-electron chi connectivity index (χ4n) is 2.20. The number of rotatable bonds is 4. The molecule has 0 amide bonds. The van der Waals surface area contributed by atoms with Gasteiger partial charge in [0.15, 0.2) is 6.10 Å². The lowest BCUT2D eigenvalue weighted by Gasteiger charge is -2.54. The van der Waals surface area contributed by atoms with Crippen molar-refractivity contribution in [3.8, 4) is 0 Å². The Labute approximate surface area is 135 Å². The van der Waals surface area contributed by atoms with Crippen LogP contribution in [0.5, 0.6) is 0 Å². The van der Waals surface area contributed by atoms with E-state index in [1.165, 1.54) is 0 Å². The Balaban J connectivity index is 3.62. The smallest absolute Gasteiger partial charge is 0.352 e. The third-order valence-corrected chi connectivity index (χ3v) is 3.09. The summed E-state index contributed by atoms with van der Waals surface area (Å²) < 4.78 is 17.9. The summed E-state index contributed by atoms with van der Waals surface area (Å²) in [4.78, 5) is 33.7. The molecule has 1 aliphatic rings. The molecule has 0 aliphatic carbocycles. The van der Waals surface area contributed by atoms with Gasteiger partial charge in [-0.05, 0) is 0 Å². The predicted molar refractivity (Wildman–Crippen MR) is 68.1 cm³/mol. The first-order valence-corrected chi connectivity index (χ1v) is 6.54. The lowest BCUT2D eigenvalue weighted by molar-refractivity contribution is -0.530. The van der Waals surface area contributed by atoms with Crippen molar-refractivity contribution in [1.29, 1.82) is 0 Å². The van der Waals surface area contributed by atoms with Gasteiger partial charge in [-0.3, -0.25) is 14.4 Å². The summed E-state index contributed by atoms with van der Waals surface area (Å²) in [5.41, 5.74) is 0. The van der Waals surface area contributed by atoms with Crippen molar-refractivity contribution in [1.82, 2.24) is 0 Å². The molecule has 0 bridgehead atoms. The molecular weight excluding hydrogens is 336 g/mol. The van der Waals surface area contributed by atoms with Crippen molar-refractivity contribution < 1.29 is 58.9 Å². The van der Waals surface area contributed by atoms with Crippen LogP contribution >= 0.6 is 0 Å². The highest BCUT2D eigenvalue weighted by molar-refractivity contribution is 5.69. The molecule has 1 fully saturated rings. The molecule has 24 heavy (non-hydrogen) atoms. The van der Waals surface area contributed by atoms with Gasteiger partial charge in [0.2, 0.25) is 6.29 Å². The maximum atomic E-state index is 11.3. The zero-order valence-electron chi connectivity index (χ0n) is 13.0. The monoisotopic (exact) mass is 354 g/mol. The van der Waals surface area contributed by atoms with E-state index < -0.39 is 54.3 Å². The van der Waals surface area contributed by atoms with Crippen LogP contribution in [0.15, 0.2) is 0 Å². The number of esters is 3. The van der Waals surface area contributed by atoms with Gasteiger partial charge in [0.1, 0.15) is 0 Å². The maximum Gasteiger partial charge on any atom is 0.352 e. The second kappa shape index (κ2) is 6.58. The average Bonchev–Trinajstić information content (AvgIpc) is 2.40. The molecule has 1 rings (SSSR count).